The lowest BCUT2D eigenvalue weighted by Gasteiger charge is -2.04. The van der Waals surface area contributed by atoms with Crippen LogP contribution in [0.4, 0.5) is 0 Å². The molecule has 0 atom stereocenters. The lowest BCUT2D eigenvalue weighted by Crippen LogP contribution is -2.00. The second kappa shape index (κ2) is 5.61. The number of aromatic amines is 1. The van der Waals surface area contributed by atoms with Crippen molar-refractivity contribution in [3.05, 3.63) is 46.3 Å². The van der Waals surface area contributed by atoms with Crippen LogP contribution in [0, 0.1) is 0 Å². The third-order valence-electron chi connectivity index (χ3n) is 3.26. The molecule has 5 heteroatoms. The van der Waals surface area contributed by atoms with Crippen LogP contribution >= 0.6 is 11.3 Å². The smallest absolute Gasteiger partial charge is 0.208 e. The van der Waals surface area contributed by atoms with Crippen molar-refractivity contribution in [1.82, 2.24) is 4.98 Å². The molecule has 4 nitrogen and oxygen atoms in total. The Morgan fingerprint density at radius 1 is 1.33 bits per heavy atom. The third-order valence-corrected chi connectivity index (χ3v) is 4.16. The number of rotatable bonds is 5. The summed E-state index contributed by atoms with van der Waals surface area (Å²) in [6, 6.07) is 7.51. The first-order valence-corrected chi connectivity index (χ1v) is 7.52. The number of hydrogen-bond acceptors (Lipinski definition) is 4. The maximum atomic E-state index is 12.7. The second-order valence-electron chi connectivity index (χ2n) is 4.49. The van der Waals surface area contributed by atoms with Gasteiger partial charge in [-0.2, -0.15) is 0 Å². The van der Waals surface area contributed by atoms with Crippen LogP contribution in [0.2, 0.25) is 0 Å². The van der Waals surface area contributed by atoms with E-state index in [-0.39, 0.29) is 5.78 Å². The molecule has 108 valence electrons. The van der Waals surface area contributed by atoms with Crippen molar-refractivity contribution in [1.29, 1.82) is 0 Å². The van der Waals surface area contributed by atoms with Crippen LogP contribution in [0.3, 0.4) is 0 Å². The van der Waals surface area contributed by atoms with Crippen LogP contribution in [0.25, 0.3) is 10.9 Å². The van der Waals surface area contributed by atoms with E-state index in [1.54, 1.807) is 19.4 Å². The molecule has 0 bridgehead atoms. The van der Waals surface area contributed by atoms with E-state index in [0.29, 0.717) is 22.8 Å². The number of hydrogen-bond donors (Lipinski definition) is 1. The number of aromatic nitrogens is 1. The van der Waals surface area contributed by atoms with E-state index in [2.05, 4.69) is 4.98 Å². The molecule has 0 saturated heterocycles. The van der Waals surface area contributed by atoms with Gasteiger partial charge in [-0.3, -0.25) is 4.79 Å². The van der Waals surface area contributed by atoms with Crippen molar-refractivity contribution in [2.75, 3.05) is 13.7 Å². The summed E-state index contributed by atoms with van der Waals surface area (Å²) in [6.07, 6.45) is 1.74. The Kier molecular flexibility index (Phi) is 3.66. The predicted octanol–water partition coefficient (Wildman–Crippen LogP) is 3.87. The van der Waals surface area contributed by atoms with Gasteiger partial charge in [0.05, 0.1) is 13.7 Å². The first kappa shape index (κ1) is 13.7. The molecule has 1 N–H and O–H groups in total. The molecule has 3 aromatic rings. The largest absolute Gasteiger partial charge is 0.495 e. The van der Waals surface area contributed by atoms with Crippen LogP contribution in [0.15, 0.2) is 35.8 Å². The van der Waals surface area contributed by atoms with Crippen molar-refractivity contribution < 1.29 is 14.3 Å². The van der Waals surface area contributed by atoms with E-state index in [1.807, 2.05) is 30.5 Å². The van der Waals surface area contributed by atoms with Gasteiger partial charge < -0.3 is 14.5 Å². The number of fused-ring (bicyclic) bond motifs is 1. The number of H-pyrrole nitrogens is 1. The molecule has 1 aromatic carbocycles. The van der Waals surface area contributed by atoms with Crippen molar-refractivity contribution in [2.24, 2.45) is 0 Å². The zero-order valence-electron chi connectivity index (χ0n) is 11.8. The summed E-state index contributed by atoms with van der Waals surface area (Å²) < 4.78 is 10.7. The maximum Gasteiger partial charge on any atom is 0.208 e. The van der Waals surface area contributed by atoms with Crippen LogP contribution in [-0.4, -0.2) is 24.5 Å². The number of ether oxygens (including phenoxy) is 2. The summed E-state index contributed by atoms with van der Waals surface area (Å²) >= 11 is 1.38. The molecule has 0 radical (unpaired) electrons. The molecule has 0 spiro atoms. The van der Waals surface area contributed by atoms with E-state index in [4.69, 9.17) is 9.47 Å². The van der Waals surface area contributed by atoms with Gasteiger partial charge in [-0.1, -0.05) is 0 Å². The first-order valence-electron chi connectivity index (χ1n) is 6.64. The molecule has 0 aliphatic rings. The molecule has 0 aliphatic heterocycles. The summed E-state index contributed by atoms with van der Waals surface area (Å²) in [5.41, 5.74) is 1.55. The van der Waals surface area contributed by atoms with Gasteiger partial charge in [-0.05, 0) is 36.6 Å². The predicted molar refractivity (Wildman–Crippen MR) is 83.8 cm³/mol. The molecule has 21 heavy (non-hydrogen) atoms. The molecular formula is C16H15NO3S. The fourth-order valence-corrected chi connectivity index (χ4v) is 3.10. The second-order valence-corrected chi connectivity index (χ2v) is 5.41. The quantitative estimate of drug-likeness (QED) is 0.728. The Balaban J connectivity index is 2.07. The monoisotopic (exact) mass is 301 g/mol. The average molecular weight is 301 g/mol. The normalized spacial score (nSPS) is 10.8. The molecule has 2 aromatic heterocycles. The minimum Gasteiger partial charge on any atom is -0.495 e. The highest BCUT2D eigenvalue weighted by atomic mass is 32.1. The van der Waals surface area contributed by atoms with Gasteiger partial charge in [0.1, 0.15) is 16.4 Å². The lowest BCUT2D eigenvalue weighted by molar-refractivity contribution is 0.104. The fraction of sp³-hybridized carbons (Fsp3) is 0.188. The Morgan fingerprint density at radius 3 is 2.95 bits per heavy atom. The number of benzene rings is 1. The molecule has 0 unspecified atom stereocenters. The van der Waals surface area contributed by atoms with Gasteiger partial charge in [0.2, 0.25) is 5.78 Å². The zero-order valence-corrected chi connectivity index (χ0v) is 12.6. The molecule has 0 aliphatic carbocycles. The molecule has 0 saturated carbocycles. The topological polar surface area (TPSA) is 51.3 Å². The third kappa shape index (κ3) is 2.40. The van der Waals surface area contributed by atoms with Crippen molar-refractivity contribution >= 4 is 28.0 Å². The van der Waals surface area contributed by atoms with E-state index < -0.39 is 0 Å². The molecule has 2 heterocycles. The highest BCUT2D eigenvalue weighted by Crippen LogP contribution is 2.31. The van der Waals surface area contributed by atoms with Crippen molar-refractivity contribution in [3.8, 4) is 11.5 Å². The van der Waals surface area contributed by atoms with Crippen molar-refractivity contribution in [2.45, 2.75) is 6.92 Å². The molecular weight excluding hydrogens is 286 g/mol. The Morgan fingerprint density at radius 2 is 2.19 bits per heavy atom. The number of ketones is 1. The van der Waals surface area contributed by atoms with E-state index in [0.717, 1.165) is 16.7 Å². The van der Waals surface area contributed by atoms with Gasteiger partial charge in [-0.15, -0.1) is 11.3 Å². The number of carbonyl (C=O) groups excluding carboxylic acids is 1. The summed E-state index contributed by atoms with van der Waals surface area (Å²) in [4.78, 5) is 16.4. The van der Waals surface area contributed by atoms with Gasteiger partial charge in [0.25, 0.3) is 0 Å². The SMILES string of the molecule is CCOc1ccc2[nH]cc(C(=O)c3sccc3OC)c2c1. The van der Waals surface area contributed by atoms with E-state index in [1.165, 1.54) is 11.3 Å². The van der Waals surface area contributed by atoms with Gasteiger partial charge in [0.15, 0.2) is 0 Å². The summed E-state index contributed by atoms with van der Waals surface area (Å²) in [5.74, 6) is 1.33. The van der Waals surface area contributed by atoms with Crippen LogP contribution in [0.5, 0.6) is 11.5 Å². The Hall–Kier alpha value is -2.27. The fourth-order valence-electron chi connectivity index (χ4n) is 2.29. The standard InChI is InChI=1S/C16H15NO3S/c1-3-20-10-4-5-13-11(8-10)12(9-17-13)15(18)16-14(19-2)6-7-21-16/h4-9,17H,3H2,1-2H3. The summed E-state index contributed by atoms with van der Waals surface area (Å²) in [5, 5.41) is 2.72. The molecule has 0 amide bonds. The highest BCUT2D eigenvalue weighted by molar-refractivity contribution is 7.12. The van der Waals surface area contributed by atoms with Gasteiger partial charge >= 0.3 is 0 Å². The van der Waals surface area contributed by atoms with E-state index in [9.17, 15) is 4.79 Å². The summed E-state index contributed by atoms with van der Waals surface area (Å²) in [7, 11) is 1.57. The van der Waals surface area contributed by atoms with Crippen molar-refractivity contribution in [3.63, 3.8) is 0 Å². The van der Waals surface area contributed by atoms with Gasteiger partial charge in [-0.25, -0.2) is 0 Å². The maximum absolute atomic E-state index is 12.7. The molecule has 0 fully saturated rings. The minimum atomic E-state index is -0.0400. The number of carbonyl (C=O) groups is 1. The minimum absolute atomic E-state index is 0.0400. The van der Waals surface area contributed by atoms with Crippen LogP contribution in [0.1, 0.15) is 22.2 Å². The highest BCUT2D eigenvalue weighted by Gasteiger charge is 2.19. The average Bonchev–Trinajstić information content (AvgIpc) is 3.13. The first-order chi connectivity index (χ1) is 10.2. The molecule has 3 rings (SSSR count). The zero-order chi connectivity index (χ0) is 14.8. The Labute approximate surface area is 126 Å². The number of nitrogens with one attached hydrogen (secondary N) is 1. The van der Waals surface area contributed by atoms with Gasteiger partial charge in [0, 0.05) is 22.7 Å². The lowest BCUT2D eigenvalue weighted by atomic mass is 10.1. The number of thiophene rings is 1. The van der Waals surface area contributed by atoms with Crippen LogP contribution < -0.4 is 9.47 Å². The summed E-state index contributed by atoms with van der Waals surface area (Å²) in [6.45, 7) is 2.53. The Bertz CT molecular complexity index is 788. The van der Waals surface area contributed by atoms with Crippen LogP contribution in [-0.2, 0) is 0 Å². The number of methoxy groups -OCH3 is 1. The van der Waals surface area contributed by atoms with E-state index >= 15 is 0 Å².